The van der Waals surface area contributed by atoms with Crippen LogP contribution < -0.4 is 5.32 Å². The molecule has 34 heavy (non-hydrogen) atoms. The van der Waals surface area contributed by atoms with Crippen LogP contribution in [0.15, 0.2) is 48.9 Å². The topological polar surface area (TPSA) is 119 Å². The van der Waals surface area contributed by atoms with Crippen LogP contribution in [0.3, 0.4) is 0 Å². The monoisotopic (exact) mass is 453 g/mol. The number of hydrogen-bond donors (Lipinski definition) is 2. The summed E-state index contributed by atoms with van der Waals surface area (Å²) >= 11 is 0. The molecule has 1 fully saturated rings. The molecule has 0 atom stereocenters. The summed E-state index contributed by atoms with van der Waals surface area (Å²) in [5.74, 6) is 7.10. The predicted octanol–water partition coefficient (Wildman–Crippen LogP) is 3.35. The van der Waals surface area contributed by atoms with Crippen molar-refractivity contribution in [3.8, 4) is 23.4 Å². The Morgan fingerprint density at radius 2 is 1.91 bits per heavy atom. The maximum absolute atomic E-state index is 11.7. The average Bonchev–Trinajstić information content (AvgIpc) is 3.36. The van der Waals surface area contributed by atoms with Gasteiger partial charge in [0, 0.05) is 29.4 Å². The third-order valence-electron chi connectivity index (χ3n) is 5.91. The molecular formula is C25H23N7O2. The van der Waals surface area contributed by atoms with Crippen molar-refractivity contribution >= 4 is 22.8 Å². The number of esters is 1. The molecular weight excluding hydrogens is 430 g/mol. The van der Waals surface area contributed by atoms with E-state index in [2.05, 4.69) is 47.3 Å². The van der Waals surface area contributed by atoms with Crippen LogP contribution in [-0.4, -0.2) is 49.3 Å². The van der Waals surface area contributed by atoms with Crippen LogP contribution in [0.2, 0.25) is 0 Å². The first kappa shape index (κ1) is 21.5. The van der Waals surface area contributed by atoms with Gasteiger partial charge in [0.1, 0.15) is 11.4 Å². The molecule has 1 aliphatic carbocycles. The molecule has 3 heterocycles. The van der Waals surface area contributed by atoms with Gasteiger partial charge in [-0.15, -0.1) is 0 Å². The molecule has 4 aromatic rings. The number of carbonyl (C=O) groups excluding carboxylic acids is 1. The van der Waals surface area contributed by atoms with Gasteiger partial charge < -0.3 is 10.1 Å². The number of carbonyl (C=O) groups is 1. The summed E-state index contributed by atoms with van der Waals surface area (Å²) in [6.45, 7) is 0. The van der Waals surface area contributed by atoms with E-state index in [-0.39, 0.29) is 17.9 Å². The summed E-state index contributed by atoms with van der Waals surface area (Å²) in [6, 6.07) is 9.63. The van der Waals surface area contributed by atoms with E-state index < -0.39 is 0 Å². The van der Waals surface area contributed by atoms with Gasteiger partial charge in [-0.05, 0) is 61.9 Å². The SMILES string of the molecule is COC(=O)C1CCC(Nc2nccc(-c3nccc(C#Cc4ccc5[nH]ncc5c4)n3)n2)CC1. The van der Waals surface area contributed by atoms with Crippen molar-refractivity contribution in [3.05, 3.63) is 60.2 Å². The number of aromatic amines is 1. The molecule has 0 radical (unpaired) electrons. The minimum absolute atomic E-state index is 0.0193. The molecule has 0 saturated heterocycles. The second-order valence-corrected chi connectivity index (χ2v) is 8.17. The maximum Gasteiger partial charge on any atom is 0.308 e. The second kappa shape index (κ2) is 9.67. The number of fused-ring (bicyclic) bond motifs is 1. The summed E-state index contributed by atoms with van der Waals surface area (Å²) in [7, 11) is 1.44. The largest absolute Gasteiger partial charge is 0.469 e. The highest BCUT2D eigenvalue weighted by molar-refractivity contribution is 5.79. The average molecular weight is 454 g/mol. The number of rotatable bonds is 4. The van der Waals surface area contributed by atoms with E-state index in [1.54, 1.807) is 30.7 Å². The van der Waals surface area contributed by atoms with Crippen LogP contribution >= 0.6 is 0 Å². The Morgan fingerprint density at radius 3 is 2.76 bits per heavy atom. The molecule has 5 rings (SSSR count). The Balaban J connectivity index is 1.28. The van der Waals surface area contributed by atoms with Crippen LogP contribution in [-0.2, 0) is 9.53 Å². The predicted molar refractivity (Wildman–Crippen MR) is 127 cm³/mol. The van der Waals surface area contributed by atoms with E-state index in [4.69, 9.17) is 4.74 Å². The molecule has 9 nitrogen and oxygen atoms in total. The molecule has 9 heteroatoms. The standard InChI is InChI=1S/C25H23N7O2/c1-34-24(33)17-4-7-19(8-5-17)30-25-27-13-11-22(31-25)23-26-12-10-20(29-23)6-2-16-3-9-21-18(14-16)15-28-32-21/h3,9-15,17,19H,4-5,7-8H2,1H3,(H,28,32)(H,27,30,31). The molecule has 0 unspecified atom stereocenters. The maximum atomic E-state index is 11.7. The zero-order valence-electron chi connectivity index (χ0n) is 18.7. The molecule has 1 saturated carbocycles. The number of aromatic nitrogens is 6. The van der Waals surface area contributed by atoms with Gasteiger partial charge in [-0.3, -0.25) is 9.89 Å². The summed E-state index contributed by atoms with van der Waals surface area (Å²) in [5, 5.41) is 11.4. The number of benzene rings is 1. The third-order valence-corrected chi connectivity index (χ3v) is 5.91. The molecule has 170 valence electrons. The van der Waals surface area contributed by atoms with E-state index in [9.17, 15) is 4.79 Å². The molecule has 1 aliphatic rings. The molecule has 3 aromatic heterocycles. The first-order chi connectivity index (χ1) is 16.7. The van der Waals surface area contributed by atoms with E-state index in [1.165, 1.54) is 7.11 Å². The van der Waals surface area contributed by atoms with E-state index in [0.717, 1.165) is 42.1 Å². The van der Waals surface area contributed by atoms with Gasteiger partial charge in [0.05, 0.1) is 24.7 Å². The van der Waals surface area contributed by atoms with Crippen molar-refractivity contribution in [2.75, 3.05) is 12.4 Å². The van der Waals surface area contributed by atoms with Crippen LogP contribution in [0.4, 0.5) is 5.95 Å². The number of nitrogens with zero attached hydrogens (tertiary/aromatic N) is 5. The normalized spacial score (nSPS) is 17.6. The van der Waals surface area contributed by atoms with Crippen molar-refractivity contribution in [3.63, 3.8) is 0 Å². The highest BCUT2D eigenvalue weighted by atomic mass is 16.5. The van der Waals surface area contributed by atoms with Gasteiger partial charge in [0.25, 0.3) is 0 Å². The van der Waals surface area contributed by atoms with Crippen LogP contribution in [0.5, 0.6) is 0 Å². The Bertz CT molecular complexity index is 1380. The number of anilines is 1. The minimum Gasteiger partial charge on any atom is -0.469 e. The van der Waals surface area contributed by atoms with Crippen LogP contribution in [0.1, 0.15) is 36.9 Å². The second-order valence-electron chi connectivity index (χ2n) is 8.17. The fourth-order valence-corrected chi connectivity index (χ4v) is 4.08. The highest BCUT2D eigenvalue weighted by Gasteiger charge is 2.27. The van der Waals surface area contributed by atoms with Gasteiger partial charge in [-0.1, -0.05) is 5.92 Å². The zero-order valence-corrected chi connectivity index (χ0v) is 18.7. The number of nitrogens with one attached hydrogen (secondary N) is 2. The number of methoxy groups -OCH3 is 1. The lowest BCUT2D eigenvalue weighted by atomic mass is 9.86. The van der Waals surface area contributed by atoms with Gasteiger partial charge >= 0.3 is 5.97 Å². The van der Waals surface area contributed by atoms with Crippen molar-refractivity contribution in [2.24, 2.45) is 5.92 Å². The van der Waals surface area contributed by atoms with E-state index in [0.29, 0.717) is 23.2 Å². The van der Waals surface area contributed by atoms with Gasteiger partial charge in [0.15, 0.2) is 5.82 Å². The minimum atomic E-state index is -0.126. The Morgan fingerprint density at radius 1 is 1.06 bits per heavy atom. The van der Waals surface area contributed by atoms with Crippen molar-refractivity contribution in [1.29, 1.82) is 0 Å². The molecule has 0 bridgehead atoms. The first-order valence-electron chi connectivity index (χ1n) is 11.1. The Hall–Kier alpha value is -4.32. The van der Waals surface area contributed by atoms with Gasteiger partial charge in [-0.25, -0.2) is 19.9 Å². The van der Waals surface area contributed by atoms with Crippen molar-refractivity contribution in [1.82, 2.24) is 30.1 Å². The van der Waals surface area contributed by atoms with Crippen molar-refractivity contribution in [2.45, 2.75) is 31.7 Å². The lowest BCUT2D eigenvalue weighted by molar-refractivity contribution is -0.146. The first-order valence-corrected chi connectivity index (χ1v) is 11.1. The molecule has 0 amide bonds. The molecule has 0 spiro atoms. The van der Waals surface area contributed by atoms with Crippen LogP contribution in [0, 0.1) is 17.8 Å². The highest BCUT2D eigenvalue weighted by Crippen LogP contribution is 2.27. The Labute approximate surface area is 196 Å². The van der Waals surface area contributed by atoms with E-state index >= 15 is 0 Å². The Kier molecular flexibility index (Phi) is 6.12. The molecule has 0 aliphatic heterocycles. The molecule has 2 N–H and O–H groups in total. The smallest absolute Gasteiger partial charge is 0.308 e. The lowest BCUT2D eigenvalue weighted by Gasteiger charge is -2.27. The summed E-state index contributed by atoms with van der Waals surface area (Å²) in [5.41, 5.74) is 3.07. The van der Waals surface area contributed by atoms with Crippen molar-refractivity contribution < 1.29 is 9.53 Å². The fraction of sp³-hybridized carbons (Fsp3) is 0.280. The van der Waals surface area contributed by atoms with Crippen LogP contribution in [0.25, 0.3) is 22.4 Å². The third kappa shape index (κ3) is 4.86. The summed E-state index contributed by atoms with van der Waals surface area (Å²) in [4.78, 5) is 29.6. The molecule has 1 aromatic carbocycles. The van der Waals surface area contributed by atoms with Gasteiger partial charge in [-0.2, -0.15) is 5.10 Å². The quantitative estimate of drug-likeness (QED) is 0.357. The summed E-state index contributed by atoms with van der Waals surface area (Å²) in [6.07, 6.45) is 8.44. The van der Waals surface area contributed by atoms with Gasteiger partial charge in [0.2, 0.25) is 5.95 Å². The zero-order chi connectivity index (χ0) is 23.3. The summed E-state index contributed by atoms with van der Waals surface area (Å²) < 4.78 is 4.86. The lowest BCUT2D eigenvalue weighted by Crippen LogP contribution is -2.30. The number of hydrogen-bond acceptors (Lipinski definition) is 8. The number of H-pyrrole nitrogens is 1. The van der Waals surface area contributed by atoms with E-state index in [1.807, 2.05) is 18.2 Å². The number of ether oxygens (including phenoxy) is 1. The fourth-order valence-electron chi connectivity index (χ4n) is 4.08.